The van der Waals surface area contributed by atoms with Gasteiger partial charge in [0.25, 0.3) is 5.91 Å². The van der Waals surface area contributed by atoms with Crippen LogP contribution in [0, 0.1) is 0 Å². The average molecular weight is 366 g/mol. The summed E-state index contributed by atoms with van der Waals surface area (Å²) in [6.07, 6.45) is 5.38. The number of carbonyl (C=O) groups excluding carboxylic acids is 1. The van der Waals surface area contributed by atoms with Gasteiger partial charge in [-0.05, 0) is 25.1 Å². The molecule has 1 saturated heterocycles. The Morgan fingerprint density at radius 2 is 1.93 bits per heavy atom. The Morgan fingerprint density at radius 1 is 1.15 bits per heavy atom. The third kappa shape index (κ3) is 3.58. The zero-order valence-electron chi connectivity index (χ0n) is 15.3. The second-order valence-electron chi connectivity index (χ2n) is 6.39. The number of hydrogen-bond donors (Lipinski definition) is 0. The van der Waals surface area contributed by atoms with Gasteiger partial charge in [0.2, 0.25) is 5.95 Å². The molecule has 0 bridgehead atoms. The number of anilines is 1. The molecule has 1 fully saturated rings. The van der Waals surface area contributed by atoms with Crippen LogP contribution in [-0.4, -0.2) is 60.2 Å². The maximum Gasteiger partial charge on any atom is 0.253 e. The fourth-order valence-corrected chi connectivity index (χ4v) is 3.34. The van der Waals surface area contributed by atoms with E-state index in [0.717, 1.165) is 18.7 Å². The Bertz CT molecular complexity index is 846. The van der Waals surface area contributed by atoms with E-state index in [4.69, 9.17) is 9.47 Å². The molecular formula is C20H22N4O3. The van der Waals surface area contributed by atoms with E-state index in [2.05, 4.69) is 14.9 Å². The SMILES string of the molecule is CCOc1cccc2c1OCC(C(=O)N1CCN(c3ncccn3)CC1)=C2. The smallest absolute Gasteiger partial charge is 0.253 e. The number of carbonyl (C=O) groups is 1. The van der Waals surface area contributed by atoms with E-state index in [9.17, 15) is 4.79 Å². The zero-order valence-corrected chi connectivity index (χ0v) is 15.3. The maximum atomic E-state index is 12.9. The van der Waals surface area contributed by atoms with E-state index >= 15 is 0 Å². The lowest BCUT2D eigenvalue weighted by atomic mass is 10.1. The number of piperazine rings is 1. The number of benzene rings is 1. The fourth-order valence-electron chi connectivity index (χ4n) is 3.34. The van der Waals surface area contributed by atoms with Crippen molar-refractivity contribution in [3.63, 3.8) is 0 Å². The van der Waals surface area contributed by atoms with E-state index in [1.54, 1.807) is 18.5 Å². The van der Waals surface area contributed by atoms with Crippen molar-refractivity contribution < 1.29 is 14.3 Å². The first-order chi connectivity index (χ1) is 13.3. The van der Waals surface area contributed by atoms with E-state index in [0.29, 0.717) is 42.7 Å². The predicted octanol–water partition coefficient (Wildman–Crippen LogP) is 2.00. The summed E-state index contributed by atoms with van der Waals surface area (Å²) in [7, 11) is 0. The van der Waals surface area contributed by atoms with Crippen LogP contribution in [0.2, 0.25) is 0 Å². The standard InChI is InChI=1S/C20H22N4O3/c1-2-26-17-6-3-5-15-13-16(14-27-18(15)17)19(25)23-9-11-24(12-10-23)20-21-7-4-8-22-20/h3-8,13H,2,9-12,14H2,1H3. The van der Waals surface area contributed by atoms with Gasteiger partial charge in [-0.3, -0.25) is 4.79 Å². The number of aromatic nitrogens is 2. The van der Waals surface area contributed by atoms with Gasteiger partial charge in [0.1, 0.15) is 6.61 Å². The highest BCUT2D eigenvalue weighted by Gasteiger charge is 2.27. The van der Waals surface area contributed by atoms with Gasteiger partial charge in [0, 0.05) is 44.1 Å². The summed E-state index contributed by atoms with van der Waals surface area (Å²) < 4.78 is 11.5. The molecule has 0 spiro atoms. The summed E-state index contributed by atoms with van der Waals surface area (Å²) in [5, 5.41) is 0. The Morgan fingerprint density at radius 3 is 2.67 bits per heavy atom. The number of fused-ring (bicyclic) bond motifs is 1. The summed E-state index contributed by atoms with van der Waals surface area (Å²) in [6.45, 7) is 5.49. The predicted molar refractivity (Wildman–Crippen MR) is 102 cm³/mol. The van der Waals surface area contributed by atoms with Crippen molar-refractivity contribution in [3.8, 4) is 11.5 Å². The monoisotopic (exact) mass is 366 g/mol. The van der Waals surface area contributed by atoms with Crippen molar-refractivity contribution in [2.24, 2.45) is 0 Å². The first kappa shape index (κ1) is 17.3. The van der Waals surface area contributed by atoms with Gasteiger partial charge in [0.05, 0.1) is 12.2 Å². The van der Waals surface area contributed by atoms with Gasteiger partial charge >= 0.3 is 0 Å². The minimum atomic E-state index is 0.0242. The third-order valence-corrected chi connectivity index (χ3v) is 4.69. The molecule has 3 heterocycles. The minimum Gasteiger partial charge on any atom is -0.490 e. The Hall–Kier alpha value is -3.09. The molecule has 0 aliphatic carbocycles. The number of amides is 1. The molecule has 140 valence electrons. The quantitative estimate of drug-likeness (QED) is 0.825. The van der Waals surface area contributed by atoms with Crippen LogP contribution in [0.4, 0.5) is 5.95 Å². The highest BCUT2D eigenvalue weighted by molar-refractivity contribution is 5.99. The molecule has 1 amide bonds. The van der Waals surface area contributed by atoms with Gasteiger partial charge < -0.3 is 19.3 Å². The molecule has 7 nitrogen and oxygen atoms in total. The van der Waals surface area contributed by atoms with E-state index in [-0.39, 0.29) is 12.5 Å². The Balaban J connectivity index is 1.44. The Kier molecular flexibility index (Phi) is 4.91. The van der Waals surface area contributed by atoms with E-state index in [1.807, 2.05) is 36.1 Å². The largest absolute Gasteiger partial charge is 0.490 e. The molecule has 0 N–H and O–H groups in total. The van der Waals surface area contributed by atoms with Crippen LogP contribution in [0.3, 0.4) is 0 Å². The second-order valence-corrected chi connectivity index (χ2v) is 6.39. The lowest BCUT2D eigenvalue weighted by molar-refractivity contribution is -0.127. The average Bonchev–Trinajstić information content (AvgIpc) is 2.74. The van der Waals surface area contributed by atoms with Crippen LogP contribution in [-0.2, 0) is 4.79 Å². The summed E-state index contributed by atoms with van der Waals surface area (Å²) in [4.78, 5) is 25.4. The fraction of sp³-hybridized carbons (Fsp3) is 0.350. The number of para-hydroxylation sites is 1. The van der Waals surface area contributed by atoms with Crippen molar-refractivity contribution in [3.05, 3.63) is 47.8 Å². The maximum absolute atomic E-state index is 12.9. The van der Waals surface area contributed by atoms with Crippen molar-refractivity contribution in [2.45, 2.75) is 6.92 Å². The summed E-state index contributed by atoms with van der Waals surface area (Å²) in [6, 6.07) is 7.53. The second kappa shape index (κ2) is 7.65. The molecule has 7 heteroatoms. The van der Waals surface area contributed by atoms with Crippen molar-refractivity contribution >= 4 is 17.9 Å². The number of rotatable bonds is 4. The summed E-state index contributed by atoms with van der Waals surface area (Å²) >= 11 is 0. The molecule has 0 saturated carbocycles. The first-order valence-corrected chi connectivity index (χ1v) is 9.16. The molecule has 1 aromatic heterocycles. The van der Waals surface area contributed by atoms with E-state index in [1.165, 1.54) is 0 Å². The van der Waals surface area contributed by atoms with Gasteiger partial charge in [-0.25, -0.2) is 9.97 Å². The van der Waals surface area contributed by atoms with Crippen LogP contribution in [0.15, 0.2) is 42.2 Å². The van der Waals surface area contributed by atoms with Gasteiger partial charge in [-0.15, -0.1) is 0 Å². The molecule has 2 aromatic rings. The zero-order chi connectivity index (χ0) is 18.6. The normalized spacial score (nSPS) is 16.3. The lowest BCUT2D eigenvalue weighted by Crippen LogP contribution is -2.50. The molecule has 0 unspecified atom stereocenters. The van der Waals surface area contributed by atoms with Crippen molar-refractivity contribution in [2.75, 3.05) is 44.3 Å². The van der Waals surface area contributed by atoms with Crippen LogP contribution in [0.5, 0.6) is 11.5 Å². The molecular weight excluding hydrogens is 344 g/mol. The minimum absolute atomic E-state index is 0.0242. The van der Waals surface area contributed by atoms with Gasteiger partial charge in [0.15, 0.2) is 11.5 Å². The topological polar surface area (TPSA) is 67.8 Å². The van der Waals surface area contributed by atoms with Crippen LogP contribution >= 0.6 is 0 Å². The highest BCUT2D eigenvalue weighted by atomic mass is 16.5. The van der Waals surface area contributed by atoms with Gasteiger partial charge in [-0.1, -0.05) is 12.1 Å². The van der Waals surface area contributed by atoms with Crippen molar-refractivity contribution in [1.29, 1.82) is 0 Å². The van der Waals surface area contributed by atoms with Gasteiger partial charge in [-0.2, -0.15) is 0 Å². The molecule has 0 radical (unpaired) electrons. The van der Waals surface area contributed by atoms with Crippen LogP contribution in [0.1, 0.15) is 12.5 Å². The first-order valence-electron chi connectivity index (χ1n) is 9.16. The molecule has 1 aromatic carbocycles. The third-order valence-electron chi connectivity index (χ3n) is 4.69. The van der Waals surface area contributed by atoms with Crippen LogP contribution in [0.25, 0.3) is 6.08 Å². The Labute approximate surface area is 158 Å². The summed E-state index contributed by atoms with van der Waals surface area (Å²) in [5.41, 5.74) is 1.55. The van der Waals surface area contributed by atoms with E-state index < -0.39 is 0 Å². The molecule has 4 rings (SSSR count). The van der Waals surface area contributed by atoms with Crippen LogP contribution < -0.4 is 14.4 Å². The lowest BCUT2D eigenvalue weighted by Gasteiger charge is -2.35. The molecule has 2 aliphatic rings. The molecule has 0 atom stereocenters. The number of nitrogens with zero attached hydrogens (tertiary/aromatic N) is 4. The number of ether oxygens (including phenoxy) is 2. The molecule has 2 aliphatic heterocycles. The molecule has 27 heavy (non-hydrogen) atoms. The number of hydrogen-bond acceptors (Lipinski definition) is 6. The highest BCUT2D eigenvalue weighted by Crippen LogP contribution is 2.36. The summed E-state index contributed by atoms with van der Waals surface area (Å²) in [5.74, 6) is 2.16. The van der Waals surface area contributed by atoms with Crippen molar-refractivity contribution in [1.82, 2.24) is 14.9 Å².